The summed E-state index contributed by atoms with van der Waals surface area (Å²) < 4.78 is 5.71. The van der Waals surface area contributed by atoms with E-state index in [-0.39, 0.29) is 6.10 Å². The molecule has 6 nitrogen and oxygen atoms in total. The smallest absolute Gasteiger partial charge is 0.191 e. The highest BCUT2D eigenvalue weighted by Crippen LogP contribution is 2.20. The Labute approximate surface area is 164 Å². The van der Waals surface area contributed by atoms with E-state index in [2.05, 4.69) is 34.5 Å². The average molecular weight is 377 g/mol. The third-order valence-electron chi connectivity index (χ3n) is 4.78. The van der Waals surface area contributed by atoms with Crippen LogP contribution in [0.4, 0.5) is 0 Å². The van der Waals surface area contributed by atoms with Gasteiger partial charge < -0.3 is 25.4 Å². The Morgan fingerprint density at radius 3 is 2.70 bits per heavy atom. The molecule has 0 radical (unpaired) electrons. The van der Waals surface area contributed by atoms with Crippen molar-refractivity contribution in [3.8, 4) is 5.75 Å². The van der Waals surface area contributed by atoms with Crippen molar-refractivity contribution in [3.05, 3.63) is 29.8 Å². The lowest BCUT2D eigenvalue weighted by Crippen LogP contribution is -2.42. The van der Waals surface area contributed by atoms with Crippen molar-refractivity contribution in [2.45, 2.75) is 45.8 Å². The van der Waals surface area contributed by atoms with Crippen LogP contribution in [0.5, 0.6) is 5.75 Å². The lowest BCUT2D eigenvalue weighted by atomic mass is 9.97. The Morgan fingerprint density at radius 1 is 1.30 bits per heavy atom. The van der Waals surface area contributed by atoms with Gasteiger partial charge in [0.2, 0.25) is 0 Å². The minimum atomic E-state index is -0.653. The number of guanidine groups is 1. The Hall–Kier alpha value is -1.79. The molecule has 0 bridgehead atoms. The molecule has 1 atom stereocenters. The van der Waals surface area contributed by atoms with Gasteiger partial charge in [0.15, 0.2) is 5.96 Å². The second-order valence-electron chi connectivity index (χ2n) is 7.60. The summed E-state index contributed by atoms with van der Waals surface area (Å²) in [6.45, 7) is 10.4. The largest absolute Gasteiger partial charge is 0.491 e. The van der Waals surface area contributed by atoms with Gasteiger partial charge >= 0.3 is 0 Å². The zero-order valence-corrected chi connectivity index (χ0v) is 17.2. The molecular weight excluding hydrogens is 340 g/mol. The molecule has 1 fully saturated rings. The lowest BCUT2D eigenvalue weighted by Gasteiger charge is -2.29. The SMILES string of the molecule is CCNC(=NCC(O)c1cccc(OC(C)C)c1)NCC1CCN(C)CC1. The molecule has 2 rings (SSSR count). The zero-order chi connectivity index (χ0) is 19.6. The van der Waals surface area contributed by atoms with Crippen molar-refractivity contribution in [1.82, 2.24) is 15.5 Å². The molecule has 0 aromatic heterocycles. The van der Waals surface area contributed by atoms with E-state index >= 15 is 0 Å². The fraction of sp³-hybridized carbons (Fsp3) is 0.667. The Morgan fingerprint density at radius 2 is 2.04 bits per heavy atom. The van der Waals surface area contributed by atoms with Crippen molar-refractivity contribution in [2.24, 2.45) is 10.9 Å². The number of piperidine rings is 1. The van der Waals surface area contributed by atoms with Gasteiger partial charge in [0.25, 0.3) is 0 Å². The second kappa shape index (κ2) is 11.1. The molecule has 152 valence electrons. The number of aliphatic hydroxyl groups excluding tert-OH is 1. The minimum absolute atomic E-state index is 0.111. The van der Waals surface area contributed by atoms with Gasteiger partial charge in [-0.05, 0) is 77.4 Å². The predicted molar refractivity (Wildman–Crippen MR) is 111 cm³/mol. The van der Waals surface area contributed by atoms with Crippen LogP contribution in [0.3, 0.4) is 0 Å². The number of hydrogen-bond donors (Lipinski definition) is 3. The predicted octanol–water partition coefficient (Wildman–Crippen LogP) is 2.40. The van der Waals surface area contributed by atoms with Crippen LogP contribution in [0.2, 0.25) is 0 Å². The summed E-state index contributed by atoms with van der Waals surface area (Å²) in [5, 5.41) is 17.2. The van der Waals surface area contributed by atoms with Gasteiger partial charge in [-0.25, -0.2) is 0 Å². The van der Waals surface area contributed by atoms with Gasteiger partial charge in [0.05, 0.1) is 18.8 Å². The number of nitrogens with one attached hydrogen (secondary N) is 2. The van der Waals surface area contributed by atoms with Gasteiger partial charge in [-0.15, -0.1) is 0 Å². The van der Waals surface area contributed by atoms with E-state index in [1.807, 2.05) is 38.1 Å². The molecule has 0 spiro atoms. The standard InChI is InChI=1S/C21H36N4O2/c1-5-22-21(23-14-17-9-11-25(4)12-10-17)24-15-20(26)18-7-6-8-19(13-18)27-16(2)3/h6-8,13,16-17,20,26H,5,9-12,14-15H2,1-4H3,(H2,22,23,24). The molecule has 27 heavy (non-hydrogen) atoms. The van der Waals surface area contributed by atoms with E-state index in [4.69, 9.17) is 4.74 Å². The fourth-order valence-corrected chi connectivity index (χ4v) is 3.20. The molecule has 0 aliphatic carbocycles. The summed E-state index contributed by atoms with van der Waals surface area (Å²) >= 11 is 0. The van der Waals surface area contributed by atoms with Gasteiger partial charge in [-0.3, -0.25) is 4.99 Å². The quantitative estimate of drug-likeness (QED) is 0.480. The highest BCUT2D eigenvalue weighted by molar-refractivity contribution is 5.79. The minimum Gasteiger partial charge on any atom is -0.491 e. The van der Waals surface area contributed by atoms with E-state index in [0.29, 0.717) is 12.5 Å². The van der Waals surface area contributed by atoms with Gasteiger partial charge in [0.1, 0.15) is 5.75 Å². The van der Waals surface area contributed by atoms with Crippen LogP contribution >= 0.6 is 0 Å². The maximum absolute atomic E-state index is 10.5. The topological polar surface area (TPSA) is 69.1 Å². The fourth-order valence-electron chi connectivity index (χ4n) is 3.20. The molecule has 1 heterocycles. The van der Waals surface area contributed by atoms with Crippen molar-refractivity contribution in [1.29, 1.82) is 0 Å². The molecule has 1 aliphatic heterocycles. The van der Waals surface area contributed by atoms with E-state index in [1.165, 1.54) is 12.8 Å². The zero-order valence-electron chi connectivity index (χ0n) is 17.2. The third-order valence-corrected chi connectivity index (χ3v) is 4.78. The van der Waals surface area contributed by atoms with Crippen LogP contribution in [-0.4, -0.2) is 61.8 Å². The Balaban J connectivity index is 1.89. The van der Waals surface area contributed by atoms with Crippen LogP contribution in [-0.2, 0) is 0 Å². The van der Waals surface area contributed by atoms with E-state index in [9.17, 15) is 5.11 Å². The molecule has 6 heteroatoms. The van der Waals surface area contributed by atoms with Crippen molar-refractivity contribution < 1.29 is 9.84 Å². The third kappa shape index (κ3) is 7.77. The van der Waals surface area contributed by atoms with Crippen molar-refractivity contribution in [2.75, 3.05) is 39.8 Å². The summed E-state index contributed by atoms with van der Waals surface area (Å²) in [6.07, 6.45) is 1.89. The number of likely N-dealkylation sites (tertiary alicyclic amines) is 1. The first kappa shape index (κ1) is 21.5. The number of hydrogen-bond acceptors (Lipinski definition) is 4. The van der Waals surface area contributed by atoms with Gasteiger partial charge in [-0.1, -0.05) is 12.1 Å². The summed E-state index contributed by atoms with van der Waals surface area (Å²) in [5.74, 6) is 2.22. The molecule has 1 aliphatic rings. The highest BCUT2D eigenvalue weighted by atomic mass is 16.5. The first-order valence-corrected chi connectivity index (χ1v) is 10.1. The Bertz CT molecular complexity index is 583. The summed E-state index contributed by atoms with van der Waals surface area (Å²) in [4.78, 5) is 6.95. The molecule has 0 amide bonds. The van der Waals surface area contributed by atoms with Crippen molar-refractivity contribution >= 4 is 5.96 Å². The highest BCUT2D eigenvalue weighted by Gasteiger charge is 2.17. The van der Waals surface area contributed by atoms with E-state index < -0.39 is 6.10 Å². The van der Waals surface area contributed by atoms with Gasteiger partial charge in [-0.2, -0.15) is 0 Å². The maximum atomic E-state index is 10.5. The van der Waals surface area contributed by atoms with Crippen molar-refractivity contribution in [3.63, 3.8) is 0 Å². The summed E-state index contributed by atoms with van der Waals surface area (Å²) in [7, 11) is 2.18. The number of rotatable bonds is 8. The summed E-state index contributed by atoms with van der Waals surface area (Å²) in [5.41, 5.74) is 0.822. The van der Waals surface area contributed by atoms with E-state index in [0.717, 1.165) is 43.5 Å². The van der Waals surface area contributed by atoms with Gasteiger partial charge in [0, 0.05) is 13.1 Å². The number of aliphatic imine (C=N–C) groups is 1. The first-order chi connectivity index (χ1) is 13.0. The number of aliphatic hydroxyl groups is 1. The first-order valence-electron chi connectivity index (χ1n) is 10.1. The molecule has 3 N–H and O–H groups in total. The molecule has 0 saturated carbocycles. The second-order valence-corrected chi connectivity index (χ2v) is 7.60. The lowest BCUT2D eigenvalue weighted by molar-refractivity contribution is 0.185. The number of nitrogens with zero attached hydrogens (tertiary/aromatic N) is 2. The molecule has 1 unspecified atom stereocenters. The molecule has 1 saturated heterocycles. The maximum Gasteiger partial charge on any atom is 0.191 e. The monoisotopic (exact) mass is 376 g/mol. The molecule has 1 aromatic carbocycles. The number of ether oxygens (including phenoxy) is 1. The van der Waals surface area contributed by atoms with E-state index in [1.54, 1.807) is 0 Å². The molecular formula is C21H36N4O2. The van der Waals surface area contributed by atoms with Crippen LogP contribution in [0.25, 0.3) is 0 Å². The van der Waals surface area contributed by atoms with Crippen LogP contribution in [0, 0.1) is 5.92 Å². The summed E-state index contributed by atoms with van der Waals surface area (Å²) in [6, 6.07) is 7.61. The van der Waals surface area contributed by atoms with Crippen LogP contribution in [0.1, 0.15) is 45.3 Å². The van der Waals surface area contributed by atoms with Crippen LogP contribution < -0.4 is 15.4 Å². The normalized spacial score (nSPS) is 17.8. The van der Waals surface area contributed by atoms with Crippen LogP contribution in [0.15, 0.2) is 29.3 Å². The average Bonchev–Trinajstić information content (AvgIpc) is 2.64. The molecule has 1 aromatic rings. The Kier molecular flexibility index (Phi) is 8.88. The number of benzene rings is 1.